The van der Waals surface area contributed by atoms with Gasteiger partial charge < -0.3 is 14.4 Å². The second kappa shape index (κ2) is 6.28. The highest BCUT2D eigenvalue weighted by Crippen LogP contribution is 2.22. The Morgan fingerprint density at radius 2 is 2.21 bits per heavy atom. The summed E-state index contributed by atoms with van der Waals surface area (Å²) < 4.78 is 13.2. The molecule has 0 saturated heterocycles. The highest BCUT2D eigenvalue weighted by molar-refractivity contribution is 5.92. The van der Waals surface area contributed by atoms with E-state index < -0.39 is 0 Å². The molecule has 4 rings (SSSR count). The second-order valence-electron chi connectivity index (χ2n) is 6.38. The molecule has 2 aliphatic rings. The van der Waals surface area contributed by atoms with Crippen LogP contribution in [0.1, 0.15) is 28.0 Å². The third kappa shape index (κ3) is 2.89. The zero-order chi connectivity index (χ0) is 16.5. The molecule has 2 aliphatic heterocycles. The number of fused-ring (bicyclic) bond motifs is 2. The number of nitrogens with zero attached hydrogens (tertiary/aromatic N) is 3. The fourth-order valence-corrected chi connectivity index (χ4v) is 3.28. The smallest absolute Gasteiger partial charge is 0.274 e. The van der Waals surface area contributed by atoms with Gasteiger partial charge in [0.25, 0.3) is 5.91 Å². The summed E-state index contributed by atoms with van der Waals surface area (Å²) >= 11 is 0. The van der Waals surface area contributed by atoms with Crippen LogP contribution in [0, 0.1) is 0 Å². The SMILES string of the molecule is CN(CC1Cc2ccccc2CO1)C(=O)c1cc2n(n1)CCCO2. The van der Waals surface area contributed by atoms with E-state index in [4.69, 9.17) is 9.47 Å². The third-order valence-electron chi connectivity index (χ3n) is 4.59. The van der Waals surface area contributed by atoms with Gasteiger partial charge in [-0.1, -0.05) is 24.3 Å². The van der Waals surface area contributed by atoms with Gasteiger partial charge in [-0.2, -0.15) is 5.10 Å². The molecule has 0 radical (unpaired) electrons. The Morgan fingerprint density at radius 3 is 3.04 bits per heavy atom. The van der Waals surface area contributed by atoms with Gasteiger partial charge in [-0.05, 0) is 11.1 Å². The predicted molar refractivity (Wildman–Crippen MR) is 88.0 cm³/mol. The van der Waals surface area contributed by atoms with E-state index in [2.05, 4.69) is 17.2 Å². The highest BCUT2D eigenvalue weighted by atomic mass is 16.5. The minimum absolute atomic E-state index is 0.0161. The lowest BCUT2D eigenvalue weighted by atomic mass is 9.99. The van der Waals surface area contributed by atoms with Gasteiger partial charge in [-0.3, -0.25) is 4.79 Å². The number of likely N-dealkylation sites (N-methyl/N-ethyl adjacent to an activating group) is 1. The van der Waals surface area contributed by atoms with E-state index in [1.165, 1.54) is 11.1 Å². The quantitative estimate of drug-likeness (QED) is 0.864. The fraction of sp³-hybridized carbons (Fsp3) is 0.444. The molecule has 1 aromatic carbocycles. The molecule has 24 heavy (non-hydrogen) atoms. The van der Waals surface area contributed by atoms with Gasteiger partial charge in [0.15, 0.2) is 5.69 Å². The normalized spacial score (nSPS) is 19.1. The first kappa shape index (κ1) is 15.2. The summed E-state index contributed by atoms with van der Waals surface area (Å²) in [6.45, 7) is 2.64. The summed E-state index contributed by atoms with van der Waals surface area (Å²) in [5.74, 6) is 0.587. The van der Waals surface area contributed by atoms with Crippen LogP contribution < -0.4 is 4.74 Å². The third-order valence-corrected chi connectivity index (χ3v) is 4.59. The molecule has 0 fully saturated rings. The molecule has 0 bridgehead atoms. The molecule has 2 aromatic rings. The maximum atomic E-state index is 12.6. The molecular formula is C18H21N3O3. The Labute approximate surface area is 141 Å². The van der Waals surface area contributed by atoms with Gasteiger partial charge in [0, 0.05) is 39.0 Å². The first-order chi connectivity index (χ1) is 11.7. The molecule has 6 heteroatoms. The Kier molecular flexibility index (Phi) is 3.98. The van der Waals surface area contributed by atoms with Crippen molar-refractivity contribution in [2.45, 2.75) is 32.1 Å². The summed E-state index contributed by atoms with van der Waals surface area (Å²) in [6, 6.07) is 10.0. The molecule has 0 aliphatic carbocycles. The summed E-state index contributed by atoms with van der Waals surface area (Å²) in [5, 5.41) is 4.36. The number of carbonyl (C=O) groups excluding carboxylic acids is 1. The van der Waals surface area contributed by atoms with Crippen molar-refractivity contribution >= 4 is 5.91 Å². The molecule has 0 N–H and O–H groups in total. The Morgan fingerprint density at radius 1 is 1.38 bits per heavy atom. The molecule has 1 unspecified atom stereocenters. The lowest BCUT2D eigenvalue weighted by molar-refractivity contribution is 0.00970. The van der Waals surface area contributed by atoms with Gasteiger partial charge in [0.2, 0.25) is 5.88 Å². The van der Waals surface area contributed by atoms with E-state index >= 15 is 0 Å². The van der Waals surface area contributed by atoms with Crippen LogP contribution in [0.25, 0.3) is 0 Å². The van der Waals surface area contributed by atoms with Gasteiger partial charge in [-0.15, -0.1) is 0 Å². The number of amides is 1. The number of aromatic nitrogens is 2. The van der Waals surface area contributed by atoms with E-state index in [9.17, 15) is 4.79 Å². The molecular weight excluding hydrogens is 306 g/mol. The molecule has 0 saturated carbocycles. The van der Waals surface area contributed by atoms with Crippen molar-refractivity contribution in [3.05, 3.63) is 47.2 Å². The van der Waals surface area contributed by atoms with Gasteiger partial charge in [0.1, 0.15) is 0 Å². The summed E-state index contributed by atoms with van der Waals surface area (Å²) in [7, 11) is 1.80. The van der Waals surface area contributed by atoms with E-state index in [0.717, 1.165) is 19.4 Å². The lowest BCUT2D eigenvalue weighted by Gasteiger charge is -2.28. The standard InChI is InChI=1S/C18H21N3O3/c1-20(11-15-9-13-5-2-3-6-14(13)12-24-15)18(22)16-10-17-21(19-16)7-4-8-23-17/h2-3,5-6,10,15H,4,7-9,11-12H2,1H3. The maximum absolute atomic E-state index is 12.6. The number of carbonyl (C=O) groups is 1. The van der Waals surface area contributed by atoms with Crippen molar-refractivity contribution in [1.82, 2.24) is 14.7 Å². The van der Waals surface area contributed by atoms with Crippen LogP contribution in [0.2, 0.25) is 0 Å². The number of rotatable bonds is 3. The van der Waals surface area contributed by atoms with Crippen molar-refractivity contribution in [3.8, 4) is 5.88 Å². The Hall–Kier alpha value is -2.34. The first-order valence-electron chi connectivity index (χ1n) is 8.35. The van der Waals surface area contributed by atoms with Crippen molar-refractivity contribution in [3.63, 3.8) is 0 Å². The van der Waals surface area contributed by atoms with Crippen LogP contribution in [0.3, 0.4) is 0 Å². The van der Waals surface area contributed by atoms with Crippen LogP contribution in [0.4, 0.5) is 0 Å². The molecule has 1 amide bonds. The van der Waals surface area contributed by atoms with Crippen LogP contribution >= 0.6 is 0 Å². The number of hydrogen-bond donors (Lipinski definition) is 0. The van der Waals surface area contributed by atoms with E-state index in [1.54, 1.807) is 22.7 Å². The zero-order valence-corrected chi connectivity index (χ0v) is 13.8. The zero-order valence-electron chi connectivity index (χ0n) is 13.8. The number of ether oxygens (including phenoxy) is 2. The molecule has 3 heterocycles. The van der Waals surface area contributed by atoms with Crippen molar-refractivity contribution in [1.29, 1.82) is 0 Å². The summed E-state index contributed by atoms with van der Waals surface area (Å²) in [5.41, 5.74) is 2.98. The summed E-state index contributed by atoms with van der Waals surface area (Å²) in [4.78, 5) is 14.3. The topological polar surface area (TPSA) is 56.6 Å². The number of aryl methyl sites for hydroxylation is 1. The van der Waals surface area contributed by atoms with Crippen molar-refractivity contribution in [2.75, 3.05) is 20.2 Å². The minimum atomic E-state index is -0.0945. The molecule has 126 valence electrons. The van der Waals surface area contributed by atoms with E-state index in [1.807, 2.05) is 12.1 Å². The van der Waals surface area contributed by atoms with Crippen LogP contribution in [-0.2, 0) is 24.3 Å². The Balaban J connectivity index is 1.42. The lowest BCUT2D eigenvalue weighted by Crippen LogP contribution is -2.38. The van der Waals surface area contributed by atoms with Crippen molar-refractivity contribution < 1.29 is 14.3 Å². The highest BCUT2D eigenvalue weighted by Gasteiger charge is 2.25. The van der Waals surface area contributed by atoms with E-state index in [0.29, 0.717) is 31.3 Å². The monoisotopic (exact) mass is 327 g/mol. The van der Waals surface area contributed by atoms with Gasteiger partial charge >= 0.3 is 0 Å². The van der Waals surface area contributed by atoms with Gasteiger partial charge in [0.05, 0.1) is 19.3 Å². The first-order valence-corrected chi connectivity index (χ1v) is 8.35. The molecule has 0 spiro atoms. The second-order valence-corrected chi connectivity index (χ2v) is 6.38. The average Bonchev–Trinajstić information content (AvgIpc) is 3.05. The van der Waals surface area contributed by atoms with E-state index in [-0.39, 0.29) is 12.0 Å². The summed E-state index contributed by atoms with van der Waals surface area (Å²) in [6.07, 6.45) is 1.77. The molecule has 1 atom stereocenters. The Bertz CT molecular complexity index is 732. The van der Waals surface area contributed by atoms with Crippen LogP contribution in [0.5, 0.6) is 5.88 Å². The minimum Gasteiger partial charge on any atom is -0.478 e. The van der Waals surface area contributed by atoms with Crippen molar-refractivity contribution in [2.24, 2.45) is 0 Å². The molecule has 1 aromatic heterocycles. The largest absolute Gasteiger partial charge is 0.478 e. The maximum Gasteiger partial charge on any atom is 0.274 e. The predicted octanol–water partition coefficient (Wildman–Crippen LogP) is 1.88. The average molecular weight is 327 g/mol. The number of hydrogen-bond acceptors (Lipinski definition) is 4. The molecule has 6 nitrogen and oxygen atoms in total. The fourth-order valence-electron chi connectivity index (χ4n) is 3.28. The van der Waals surface area contributed by atoms with Gasteiger partial charge in [-0.25, -0.2) is 4.68 Å². The van der Waals surface area contributed by atoms with Crippen LogP contribution in [-0.4, -0.2) is 46.9 Å². The van der Waals surface area contributed by atoms with Crippen LogP contribution in [0.15, 0.2) is 30.3 Å². The number of benzene rings is 1.